The normalized spacial score (nSPS) is 11.3. The molecule has 0 atom stereocenters. The summed E-state index contributed by atoms with van der Waals surface area (Å²) in [4.78, 5) is 36.2. The third kappa shape index (κ3) is 4.57. The Morgan fingerprint density at radius 1 is 1.34 bits per heavy atom. The van der Waals surface area contributed by atoms with E-state index in [1.807, 2.05) is 0 Å². The van der Waals surface area contributed by atoms with Crippen LogP contribution in [0.5, 0.6) is 11.5 Å². The van der Waals surface area contributed by atoms with Crippen LogP contribution in [0.2, 0.25) is 0 Å². The zero-order valence-corrected chi connectivity index (χ0v) is 15.7. The van der Waals surface area contributed by atoms with Crippen LogP contribution in [-0.4, -0.2) is 32.3 Å². The molecule has 0 aliphatic heterocycles. The Labute approximate surface area is 164 Å². The van der Waals surface area contributed by atoms with Gasteiger partial charge in [-0.15, -0.1) is 0 Å². The molecule has 9 nitrogen and oxygen atoms in total. The number of hydrogen-bond donors (Lipinski definition) is 3. The van der Waals surface area contributed by atoms with Gasteiger partial charge in [-0.25, -0.2) is 9.59 Å². The van der Waals surface area contributed by atoms with Gasteiger partial charge in [0.05, 0.1) is 12.9 Å². The van der Waals surface area contributed by atoms with Gasteiger partial charge in [0, 0.05) is 35.3 Å². The molecule has 0 fully saturated rings. The second-order valence-corrected chi connectivity index (χ2v) is 6.47. The molecule has 0 saturated heterocycles. The molecule has 3 N–H and O–H groups in total. The highest BCUT2D eigenvalue weighted by molar-refractivity contribution is 5.92. The lowest BCUT2D eigenvalue weighted by atomic mass is 10.1. The van der Waals surface area contributed by atoms with Crippen LogP contribution in [0, 0.1) is 6.92 Å². The molecule has 0 amide bonds. The highest BCUT2D eigenvalue weighted by Crippen LogP contribution is 2.39. The largest absolute Gasteiger partial charge is 0.504 e. The fourth-order valence-corrected chi connectivity index (χ4v) is 2.86. The van der Waals surface area contributed by atoms with Crippen LogP contribution in [-0.2, 0) is 11.3 Å². The van der Waals surface area contributed by atoms with Crippen LogP contribution < -0.4 is 16.0 Å². The van der Waals surface area contributed by atoms with Crippen molar-refractivity contribution in [1.82, 2.24) is 9.55 Å². The zero-order valence-electron chi connectivity index (χ0n) is 15.7. The van der Waals surface area contributed by atoms with Crippen molar-refractivity contribution in [2.75, 3.05) is 6.61 Å². The summed E-state index contributed by atoms with van der Waals surface area (Å²) in [6.45, 7) is 2.27. The van der Waals surface area contributed by atoms with Crippen molar-refractivity contribution in [3.05, 3.63) is 62.6 Å². The topological polar surface area (TPSA) is 135 Å². The number of carboxylic acids is 1. The SMILES string of the molecule is Cc1cn(CCCCOc2c(O)c(/C=C/C(=O)O)cc3ccoc23)c(=O)[nH]c1=O. The molecule has 2 heterocycles. The number of unbranched alkanes of at least 4 members (excludes halogenated alkanes) is 1. The summed E-state index contributed by atoms with van der Waals surface area (Å²) < 4.78 is 12.5. The Kier molecular flexibility index (Phi) is 5.87. The van der Waals surface area contributed by atoms with E-state index < -0.39 is 17.2 Å². The van der Waals surface area contributed by atoms with Crippen molar-refractivity contribution < 1.29 is 24.2 Å². The first kappa shape index (κ1) is 20.0. The van der Waals surface area contributed by atoms with Crippen LogP contribution in [0.3, 0.4) is 0 Å². The number of fused-ring (bicyclic) bond motifs is 1. The first-order valence-electron chi connectivity index (χ1n) is 8.94. The molecule has 0 radical (unpaired) electrons. The van der Waals surface area contributed by atoms with E-state index in [4.69, 9.17) is 14.3 Å². The highest BCUT2D eigenvalue weighted by Gasteiger charge is 2.15. The highest BCUT2D eigenvalue weighted by atomic mass is 16.5. The van der Waals surface area contributed by atoms with E-state index in [9.17, 15) is 19.5 Å². The van der Waals surface area contributed by atoms with Gasteiger partial charge in [0.25, 0.3) is 5.56 Å². The summed E-state index contributed by atoms with van der Waals surface area (Å²) in [6, 6.07) is 3.29. The predicted octanol–water partition coefficient (Wildman–Crippen LogP) is 2.25. The minimum atomic E-state index is -1.13. The van der Waals surface area contributed by atoms with Crippen molar-refractivity contribution in [2.24, 2.45) is 0 Å². The second-order valence-electron chi connectivity index (χ2n) is 6.47. The number of hydrogen-bond acceptors (Lipinski definition) is 6. The molecule has 0 bridgehead atoms. The fourth-order valence-electron chi connectivity index (χ4n) is 2.86. The van der Waals surface area contributed by atoms with Gasteiger partial charge < -0.3 is 23.9 Å². The number of rotatable bonds is 8. The van der Waals surface area contributed by atoms with E-state index in [0.29, 0.717) is 41.5 Å². The van der Waals surface area contributed by atoms with Crippen LogP contribution in [0.15, 0.2) is 44.7 Å². The molecule has 2 aromatic heterocycles. The average Bonchev–Trinajstić information content (AvgIpc) is 3.13. The van der Waals surface area contributed by atoms with Crippen LogP contribution >= 0.6 is 0 Å². The summed E-state index contributed by atoms with van der Waals surface area (Å²) >= 11 is 0. The summed E-state index contributed by atoms with van der Waals surface area (Å²) in [5.41, 5.74) is 0.255. The minimum Gasteiger partial charge on any atom is -0.504 e. The number of phenols is 1. The second kappa shape index (κ2) is 8.51. The lowest BCUT2D eigenvalue weighted by Gasteiger charge is -2.11. The zero-order chi connectivity index (χ0) is 21.0. The van der Waals surface area contributed by atoms with Crippen LogP contribution in [0.4, 0.5) is 0 Å². The number of carboxylic acid groups (broad SMARTS) is 1. The van der Waals surface area contributed by atoms with E-state index in [0.717, 1.165) is 6.08 Å². The van der Waals surface area contributed by atoms with Gasteiger partial charge >= 0.3 is 11.7 Å². The fraction of sp³-hybridized carbons (Fsp3) is 0.250. The van der Waals surface area contributed by atoms with Gasteiger partial charge in [-0.1, -0.05) is 0 Å². The monoisotopic (exact) mass is 400 g/mol. The maximum atomic E-state index is 11.8. The maximum absolute atomic E-state index is 11.8. The van der Waals surface area contributed by atoms with E-state index in [2.05, 4.69) is 4.98 Å². The summed E-state index contributed by atoms with van der Waals surface area (Å²) in [6.07, 6.45) is 6.34. The molecule has 3 aromatic rings. The number of H-pyrrole nitrogens is 1. The third-order valence-electron chi connectivity index (χ3n) is 4.34. The Morgan fingerprint density at radius 3 is 2.90 bits per heavy atom. The molecular weight excluding hydrogens is 380 g/mol. The summed E-state index contributed by atoms with van der Waals surface area (Å²) in [7, 11) is 0. The molecule has 3 rings (SSSR count). The lowest BCUT2D eigenvalue weighted by molar-refractivity contribution is -0.131. The number of aryl methyl sites for hydroxylation is 2. The van der Waals surface area contributed by atoms with Crippen molar-refractivity contribution in [3.8, 4) is 11.5 Å². The Morgan fingerprint density at radius 2 is 2.14 bits per heavy atom. The molecule has 0 unspecified atom stereocenters. The van der Waals surface area contributed by atoms with Crippen molar-refractivity contribution in [1.29, 1.82) is 0 Å². The molecule has 0 spiro atoms. The molecular formula is C20H20N2O7. The number of aromatic amines is 1. The molecule has 0 aliphatic rings. The van der Waals surface area contributed by atoms with E-state index in [-0.39, 0.29) is 18.1 Å². The summed E-state index contributed by atoms with van der Waals surface area (Å²) in [5, 5.41) is 19.9. The molecule has 29 heavy (non-hydrogen) atoms. The minimum absolute atomic E-state index is 0.134. The molecule has 1 aromatic carbocycles. The molecule has 152 valence electrons. The smallest absolute Gasteiger partial charge is 0.328 e. The molecule has 0 aliphatic carbocycles. The van der Waals surface area contributed by atoms with Gasteiger partial charge in [-0.05, 0) is 38.0 Å². The third-order valence-corrected chi connectivity index (χ3v) is 4.34. The van der Waals surface area contributed by atoms with Gasteiger partial charge in [-0.2, -0.15) is 0 Å². The average molecular weight is 400 g/mol. The van der Waals surface area contributed by atoms with E-state index >= 15 is 0 Å². The van der Waals surface area contributed by atoms with Gasteiger partial charge in [0.1, 0.15) is 0 Å². The number of aromatic hydroxyl groups is 1. The Balaban J connectivity index is 1.67. The van der Waals surface area contributed by atoms with E-state index in [1.54, 1.807) is 19.1 Å². The quantitative estimate of drug-likeness (QED) is 0.390. The van der Waals surface area contributed by atoms with Crippen molar-refractivity contribution in [2.45, 2.75) is 26.3 Å². The summed E-state index contributed by atoms with van der Waals surface area (Å²) in [5.74, 6) is -1.21. The van der Waals surface area contributed by atoms with Crippen molar-refractivity contribution in [3.63, 3.8) is 0 Å². The molecule has 0 saturated carbocycles. The number of ether oxygens (including phenoxy) is 1. The number of aromatic nitrogens is 2. The maximum Gasteiger partial charge on any atom is 0.328 e. The van der Waals surface area contributed by atoms with Crippen LogP contribution in [0.25, 0.3) is 17.0 Å². The van der Waals surface area contributed by atoms with Gasteiger partial charge in [-0.3, -0.25) is 9.78 Å². The molecule has 9 heteroatoms. The number of benzene rings is 1. The number of nitrogens with one attached hydrogen (secondary N) is 1. The Hall–Kier alpha value is -3.75. The first-order valence-corrected chi connectivity index (χ1v) is 8.94. The Bertz CT molecular complexity index is 1180. The lowest BCUT2D eigenvalue weighted by Crippen LogP contribution is -2.30. The number of nitrogens with zero attached hydrogens (tertiary/aromatic N) is 1. The van der Waals surface area contributed by atoms with Crippen molar-refractivity contribution >= 4 is 23.0 Å². The van der Waals surface area contributed by atoms with Gasteiger partial charge in [0.2, 0.25) is 5.75 Å². The standard InChI is InChI=1S/C20H20N2O7/c1-12-11-22(20(27)21-19(12)26)7-2-3-8-28-18-16(25)13(4-5-15(23)24)10-14-6-9-29-17(14)18/h4-6,9-11,25H,2-3,7-8H2,1H3,(H,23,24)(H,21,26,27)/b5-4+. The van der Waals surface area contributed by atoms with Crippen LogP contribution in [0.1, 0.15) is 24.0 Å². The number of furan rings is 1. The van der Waals surface area contributed by atoms with E-state index in [1.165, 1.54) is 23.1 Å². The predicted molar refractivity (Wildman–Crippen MR) is 105 cm³/mol. The van der Waals surface area contributed by atoms with Gasteiger partial charge in [0.15, 0.2) is 11.3 Å². The number of phenolic OH excluding ortho intramolecular Hbond substituents is 1. The number of aliphatic carboxylic acids is 1. The number of carbonyl (C=O) groups is 1. The first-order chi connectivity index (χ1) is 13.9.